The number of nitrogens with one attached hydrogen (secondary N) is 1. The largest absolute Gasteiger partial charge is 0.361 e. The number of fused-ring (bicyclic) bond motifs is 1. The van der Waals surface area contributed by atoms with Crippen molar-refractivity contribution in [2.24, 2.45) is 5.73 Å². The zero-order valence-corrected chi connectivity index (χ0v) is 18.6. The smallest absolute Gasteiger partial charge is 0.259 e. The van der Waals surface area contributed by atoms with Crippen molar-refractivity contribution < 1.29 is 9.59 Å². The molecule has 0 bridgehead atoms. The van der Waals surface area contributed by atoms with Crippen molar-refractivity contribution in [1.29, 1.82) is 0 Å². The third kappa shape index (κ3) is 5.13. The van der Waals surface area contributed by atoms with Gasteiger partial charge in [0, 0.05) is 51.7 Å². The standard InChI is InChI=1S/C24H31N5O2/c1-27(2)29(4)24(31)22(14-17-10-6-5-7-11-17)28(3)23(30)20(25)15-18-16-26-21-13-9-8-12-19(18)21/h5-13,16,20,22,26H,14-15,25H2,1-4H3/t20-,22-/m1/s1. The molecular weight excluding hydrogens is 390 g/mol. The topological polar surface area (TPSA) is 85.7 Å². The molecule has 0 unspecified atom stereocenters. The molecule has 0 fully saturated rings. The number of nitrogens with zero attached hydrogens (tertiary/aromatic N) is 3. The number of carbonyl (C=O) groups excluding carboxylic acids is 2. The molecular formula is C24H31N5O2. The Labute approximate surface area is 183 Å². The minimum Gasteiger partial charge on any atom is -0.361 e. The molecule has 2 amide bonds. The van der Waals surface area contributed by atoms with E-state index >= 15 is 0 Å². The Morgan fingerprint density at radius 3 is 2.23 bits per heavy atom. The van der Waals surface area contributed by atoms with Crippen molar-refractivity contribution in [3.05, 3.63) is 71.9 Å². The van der Waals surface area contributed by atoms with E-state index in [-0.39, 0.29) is 11.8 Å². The summed E-state index contributed by atoms with van der Waals surface area (Å²) in [5, 5.41) is 4.27. The van der Waals surface area contributed by atoms with Gasteiger partial charge in [0.1, 0.15) is 6.04 Å². The van der Waals surface area contributed by atoms with Crippen LogP contribution in [0.3, 0.4) is 0 Å². The Hall–Kier alpha value is -3.16. The predicted octanol–water partition coefficient (Wildman–Crippen LogP) is 2.04. The Kier molecular flexibility index (Phi) is 7.09. The van der Waals surface area contributed by atoms with Crippen LogP contribution in [-0.4, -0.2) is 72.0 Å². The maximum absolute atomic E-state index is 13.2. The highest BCUT2D eigenvalue weighted by Gasteiger charge is 2.32. The number of amides is 2. The highest BCUT2D eigenvalue weighted by atomic mass is 16.2. The monoisotopic (exact) mass is 421 g/mol. The van der Waals surface area contributed by atoms with Gasteiger partial charge in [-0.15, -0.1) is 0 Å². The van der Waals surface area contributed by atoms with Crippen LogP contribution in [0.1, 0.15) is 11.1 Å². The second-order valence-corrected chi connectivity index (χ2v) is 8.03. The highest BCUT2D eigenvalue weighted by molar-refractivity contribution is 5.90. The number of rotatable bonds is 8. The molecule has 7 nitrogen and oxygen atoms in total. The van der Waals surface area contributed by atoms with E-state index in [1.807, 2.05) is 60.8 Å². The normalized spacial score (nSPS) is 13.2. The molecule has 164 valence electrons. The number of hydrogen-bond donors (Lipinski definition) is 2. The fourth-order valence-electron chi connectivity index (χ4n) is 3.68. The summed E-state index contributed by atoms with van der Waals surface area (Å²) in [6.07, 6.45) is 2.70. The van der Waals surface area contributed by atoms with Crippen molar-refractivity contribution in [2.45, 2.75) is 24.9 Å². The number of carbonyl (C=O) groups is 2. The molecule has 0 aliphatic rings. The van der Waals surface area contributed by atoms with Crippen LogP contribution in [0.15, 0.2) is 60.8 Å². The maximum atomic E-state index is 13.2. The van der Waals surface area contributed by atoms with E-state index in [0.29, 0.717) is 12.8 Å². The maximum Gasteiger partial charge on any atom is 0.259 e. The van der Waals surface area contributed by atoms with Crippen molar-refractivity contribution in [3.8, 4) is 0 Å². The van der Waals surface area contributed by atoms with Crippen molar-refractivity contribution in [1.82, 2.24) is 19.9 Å². The average molecular weight is 422 g/mol. The summed E-state index contributed by atoms with van der Waals surface area (Å²) in [6, 6.07) is 16.2. The molecule has 3 aromatic rings. The predicted molar refractivity (Wildman–Crippen MR) is 123 cm³/mol. The molecule has 31 heavy (non-hydrogen) atoms. The fourth-order valence-corrected chi connectivity index (χ4v) is 3.68. The van der Waals surface area contributed by atoms with Crippen LogP contribution in [0.5, 0.6) is 0 Å². The number of aromatic amines is 1. The first-order valence-electron chi connectivity index (χ1n) is 10.4. The van der Waals surface area contributed by atoms with Gasteiger partial charge in [-0.1, -0.05) is 48.5 Å². The van der Waals surface area contributed by atoms with E-state index in [4.69, 9.17) is 5.73 Å². The van der Waals surface area contributed by atoms with Gasteiger partial charge < -0.3 is 15.6 Å². The van der Waals surface area contributed by atoms with Gasteiger partial charge in [0.05, 0.1) is 6.04 Å². The van der Waals surface area contributed by atoms with E-state index in [1.54, 1.807) is 33.2 Å². The average Bonchev–Trinajstić information content (AvgIpc) is 3.18. The molecule has 0 radical (unpaired) electrons. The van der Waals surface area contributed by atoms with E-state index in [0.717, 1.165) is 22.0 Å². The molecule has 0 saturated carbocycles. The van der Waals surface area contributed by atoms with Gasteiger partial charge in [0.25, 0.3) is 5.91 Å². The first-order chi connectivity index (χ1) is 14.8. The van der Waals surface area contributed by atoms with Gasteiger partial charge in [0.15, 0.2) is 0 Å². The minimum atomic E-state index is -0.750. The first-order valence-corrected chi connectivity index (χ1v) is 10.4. The highest BCUT2D eigenvalue weighted by Crippen LogP contribution is 2.20. The molecule has 0 aliphatic heterocycles. The van der Waals surface area contributed by atoms with Crippen LogP contribution < -0.4 is 5.73 Å². The number of benzene rings is 2. The van der Waals surface area contributed by atoms with Crippen molar-refractivity contribution in [2.75, 3.05) is 28.2 Å². The summed E-state index contributed by atoms with van der Waals surface area (Å²) in [6.45, 7) is 0. The second kappa shape index (κ2) is 9.76. The third-order valence-corrected chi connectivity index (χ3v) is 5.72. The van der Waals surface area contributed by atoms with Crippen LogP contribution in [-0.2, 0) is 22.4 Å². The fraction of sp³-hybridized carbons (Fsp3) is 0.333. The van der Waals surface area contributed by atoms with Gasteiger partial charge >= 0.3 is 0 Å². The second-order valence-electron chi connectivity index (χ2n) is 8.03. The molecule has 1 heterocycles. The minimum absolute atomic E-state index is 0.163. The van der Waals surface area contributed by atoms with Crippen LogP contribution in [0, 0.1) is 0 Å². The molecule has 7 heteroatoms. The number of nitrogens with two attached hydrogens (primary N) is 1. The van der Waals surface area contributed by atoms with Gasteiger partial charge in [-0.3, -0.25) is 14.6 Å². The van der Waals surface area contributed by atoms with Crippen molar-refractivity contribution in [3.63, 3.8) is 0 Å². The first kappa shape index (κ1) is 22.5. The van der Waals surface area contributed by atoms with E-state index in [9.17, 15) is 9.59 Å². The van der Waals surface area contributed by atoms with Gasteiger partial charge in [-0.2, -0.15) is 0 Å². The third-order valence-electron chi connectivity index (χ3n) is 5.72. The lowest BCUT2D eigenvalue weighted by molar-refractivity contribution is -0.152. The number of likely N-dealkylation sites (N-methyl/N-ethyl adjacent to an activating group) is 2. The van der Waals surface area contributed by atoms with Crippen LogP contribution in [0.25, 0.3) is 10.9 Å². The Balaban J connectivity index is 1.80. The summed E-state index contributed by atoms with van der Waals surface area (Å²) in [5.41, 5.74) is 9.31. The van der Waals surface area contributed by atoms with Crippen molar-refractivity contribution >= 4 is 22.7 Å². The molecule has 0 spiro atoms. The van der Waals surface area contributed by atoms with E-state index in [1.165, 1.54) is 9.91 Å². The molecule has 3 N–H and O–H groups in total. The Bertz CT molecular complexity index is 1030. The molecule has 0 saturated heterocycles. The lowest BCUT2D eigenvalue weighted by atomic mass is 10.0. The molecule has 2 aromatic carbocycles. The number of hydrogen-bond acceptors (Lipinski definition) is 4. The number of aromatic nitrogens is 1. The number of H-pyrrole nitrogens is 1. The van der Waals surface area contributed by atoms with E-state index < -0.39 is 12.1 Å². The summed E-state index contributed by atoms with van der Waals surface area (Å²) in [7, 11) is 6.95. The van der Waals surface area contributed by atoms with Gasteiger partial charge in [-0.05, 0) is 23.6 Å². The Morgan fingerprint density at radius 1 is 0.903 bits per heavy atom. The van der Waals surface area contributed by atoms with E-state index in [2.05, 4.69) is 4.98 Å². The Morgan fingerprint density at radius 2 is 1.55 bits per heavy atom. The lowest BCUT2D eigenvalue weighted by Gasteiger charge is -2.34. The SMILES string of the molecule is CN(C(=O)[C@H](N)Cc1c[nH]c2ccccc12)[C@H](Cc1ccccc1)C(=O)N(C)N(C)C. The van der Waals surface area contributed by atoms with Gasteiger partial charge in [-0.25, -0.2) is 5.01 Å². The van der Waals surface area contributed by atoms with Crippen LogP contribution in [0.4, 0.5) is 0 Å². The summed E-state index contributed by atoms with van der Waals surface area (Å²) in [5.74, 6) is -0.421. The zero-order chi connectivity index (χ0) is 22.5. The number of hydrazine groups is 1. The zero-order valence-electron chi connectivity index (χ0n) is 18.6. The van der Waals surface area contributed by atoms with Crippen LogP contribution in [0.2, 0.25) is 0 Å². The van der Waals surface area contributed by atoms with Crippen LogP contribution >= 0.6 is 0 Å². The molecule has 1 aromatic heterocycles. The summed E-state index contributed by atoms with van der Waals surface area (Å²) < 4.78 is 0. The molecule has 0 aliphatic carbocycles. The summed E-state index contributed by atoms with van der Waals surface area (Å²) in [4.78, 5) is 31.1. The quantitative estimate of drug-likeness (QED) is 0.545. The van der Waals surface area contributed by atoms with Gasteiger partial charge in [0.2, 0.25) is 5.91 Å². The number of para-hydroxylation sites is 1. The summed E-state index contributed by atoms with van der Waals surface area (Å²) >= 11 is 0. The molecule has 2 atom stereocenters. The lowest BCUT2D eigenvalue weighted by Crippen LogP contribution is -2.55. The molecule has 3 rings (SSSR count).